The van der Waals surface area contributed by atoms with Gasteiger partial charge in [0.2, 0.25) is 5.91 Å². The summed E-state index contributed by atoms with van der Waals surface area (Å²) in [6.45, 7) is 5.60. The van der Waals surface area contributed by atoms with Gasteiger partial charge in [-0.2, -0.15) is 5.06 Å². The number of hydroxylamine groups is 2. The molecule has 0 unspecified atom stereocenters. The Morgan fingerprint density at radius 1 is 0.978 bits per heavy atom. The van der Waals surface area contributed by atoms with E-state index in [-0.39, 0.29) is 37.6 Å². The second-order valence-electron chi connectivity index (χ2n) is 10.6. The minimum atomic E-state index is -0.531. The highest BCUT2D eigenvalue weighted by molar-refractivity contribution is 5.89. The van der Waals surface area contributed by atoms with Crippen LogP contribution >= 0.6 is 0 Å². The largest absolute Gasteiger partial charge is 0.397 e. The van der Waals surface area contributed by atoms with E-state index < -0.39 is 12.1 Å². The summed E-state index contributed by atoms with van der Waals surface area (Å²) in [5, 5.41) is 27.6. The van der Waals surface area contributed by atoms with E-state index in [0.717, 1.165) is 29.8 Å². The lowest BCUT2D eigenvalue weighted by Gasteiger charge is -2.24. The van der Waals surface area contributed by atoms with Gasteiger partial charge in [-0.1, -0.05) is 67.3 Å². The van der Waals surface area contributed by atoms with Gasteiger partial charge in [0, 0.05) is 49.6 Å². The third-order valence-electron chi connectivity index (χ3n) is 7.15. The molecule has 0 saturated carbocycles. The van der Waals surface area contributed by atoms with Crippen molar-refractivity contribution in [2.75, 3.05) is 50.1 Å². The minimum Gasteiger partial charge on any atom is -0.397 e. The molecule has 1 fully saturated rings. The van der Waals surface area contributed by atoms with Crippen LogP contribution < -0.4 is 20.9 Å². The second-order valence-corrected chi connectivity index (χ2v) is 10.6. The third-order valence-corrected chi connectivity index (χ3v) is 7.15. The summed E-state index contributed by atoms with van der Waals surface area (Å²) in [6.07, 6.45) is 0.340. The molecule has 0 spiro atoms. The van der Waals surface area contributed by atoms with Crippen LogP contribution in [0.1, 0.15) is 31.4 Å². The molecule has 1 heterocycles. The Morgan fingerprint density at radius 2 is 1.67 bits per heavy atom. The van der Waals surface area contributed by atoms with Crippen molar-refractivity contribution < 1.29 is 24.6 Å². The van der Waals surface area contributed by atoms with Crippen molar-refractivity contribution in [1.29, 1.82) is 0 Å². The molecule has 45 heavy (non-hydrogen) atoms. The predicted molar refractivity (Wildman–Crippen MR) is 177 cm³/mol. The number of urea groups is 1. The number of nitrogens with one attached hydrogen (secondary N) is 3. The maximum atomic E-state index is 13.3. The monoisotopic (exact) mass is 615 g/mol. The van der Waals surface area contributed by atoms with Crippen LogP contribution in [0.4, 0.5) is 16.2 Å². The van der Waals surface area contributed by atoms with Crippen LogP contribution in [-0.4, -0.2) is 79.3 Å². The van der Waals surface area contributed by atoms with Crippen LogP contribution in [0.25, 0.3) is 0 Å². The van der Waals surface area contributed by atoms with E-state index in [9.17, 15) is 14.7 Å². The van der Waals surface area contributed by atoms with Crippen LogP contribution in [0.15, 0.2) is 84.9 Å². The molecule has 3 aromatic rings. The van der Waals surface area contributed by atoms with Crippen LogP contribution in [0.2, 0.25) is 0 Å². The number of aliphatic hydroxyl groups is 2. The molecule has 3 aromatic carbocycles. The van der Waals surface area contributed by atoms with Gasteiger partial charge in [0.05, 0.1) is 19.7 Å². The number of aliphatic hydroxyl groups excluding tert-OH is 2. The van der Waals surface area contributed by atoms with E-state index >= 15 is 0 Å². The molecule has 3 atom stereocenters. The number of carbonyl (C=O) groups excluding carboxylic acids is 2. The Bertz CT molecular complexity index is 1380. The molecule has 0 aromatic heterocycles. The fourth-order valence-electron chi connectivity index (χ4n) is 4.84. The lowest BCUT2D eigenvalue weighted by molar-refractivity contribution is -0.181. The van der Waals surface area contributed by atoms with Gasteiger partial charge in [-0.15, -0.1) is 0 Å². The number of benzene rings is 3. The van der Waals surface area contributed by atoms with Gasteiger partial charge < -0.3 is 31.1 Å². The van der Waals surface area contributed by atoms with Gasteiger partial charge in [0.1, 0.15) is 12.1 Å². The van der Waals surface area contributed by atoms with E-state index in [1.54, 1.807) is 12.0 Å². The summed E-state index contributed by atoms with van der Waals surface area (Å²) >= 11 is 0. The first-order valence-corrected chi connectivity index (χ1v) is 15.2. The fraction of sp³-hybridized carbons (Fsp3) is 0.371. The van der Waals surface area contributed by atoms with Gasteiger partial charge in [-0.05, 0) is 55.3 Å². The summed E-state index contributed by atoms with van der Waals surface area (Å²) in [6, 6.07) is 26.2. The molecule has 0 bridgehead atoms. The number of hydrogen-bond acceptors (Lipinski definition) is 7. The maximum Gasteiger partial charge on any atom is 0.319 e. The van der Waals surface area contributed by atoms with Crippen molar-refractivity contribution in [2.24, 2.45) is 5.92 Å². The summed E-state index contributed by atoms with van der Waals surface area (Å²) in [4.78, 5) is 33.5. The fourth-order valence-corrected chi connectivity index (χ4v) is 4.84. The van der Waals surface area contributed by atoms with Crippen molar-refractivity contribution in [2.45, 2.75) is 39.0 Å². The number of para-hydroxylation sites is 2. The molecule has 0 aliphatic carbocycles. The highest BCUT2D eigenvalue weighted by Crippen LogP contribution is 2.29. The summed E-state index contributed by atoms with van der Waals surface area (Å²) in [5.74, 6) is 5.74. The van der Waals surface area contributed by atoms with E-state index in [0.29, 0.717) is 18.8 Å². The predicted octanol–water partition coefficient (Wildman–Crippen LogP) is 3.61. The zero-order valence-electron chi connectivity index (χ0n) is 26.3. The number of nitrogens with zero attached hydrogens (tertiary/aromatic N) is 2. The second kappa shape index (κ2) is 19.1. The highest BCUT2D eigenvalue weighted by atomic mass is 16.7. The number of hydrogen-bond donors (Lipinski definition) is 5. The van der Waals surface area contributed by atoms with E-state index in [4.69, 9.17) is 9.94 Å². The van der Waals surface area contributed by atoms with Crippen LogP contribution in [0, 0.1) is 17.8 Å². The maximum absolute atomic E-state index is 13.3. The highest BCUT2D eigenvalue weighted by Gasteiger charge is 2.44. The molecule has 1 aliphatic rings. The van der Waals surface area contributed by atoms with Gasteiger partial charge in [0.25, 0.3) is 0 Å². The molecule has 10 nitrogen and oxygen atoms in total. The Labute approximate surface area is 266 Å². The molecular weight excluding hydrogens is 570 g/mol. The number of rotatable bonds is 11. The molecule has 1 saturated heterocycles. The Hall–Kier alpha value is -4.40. The Morgan fingerprint density at radius 3 is 2.36 bits per heavy atom. The van der Waals surface area contributed by atoms with Crippen molar-refractivity contribution in [3.8, 4) is 11.8 Å². The van der Waals surface area contributed by atoms with Crippen molar-refractivity contribution in [3.63, 3.8) is 0 Å². The molecule has 240 valence electrons. The molecule has 1 aliphatic heterocycles. The van der Waals surface area contributed by atoms with Crippen LogP contribution in [-0.2, 0) is 16.2 Å². The van der Waals surface area contributed by atoms with Crippen molar-refractivity contribution in [3.05, 3.63) is 96.1 Å². The smallest absolute Gasteiger partial charge is 0.319 e. The minimum absolute atomic E-state index is 0.114. The number of carbonyl (C=O) groups is 2. The number of amides is 3. The third kappa shape index (κ3) is 11.6. The molecular formula is C35H45N5O5. The van der Waals surface area contributed by atoms with Gasteiger partial charge in [0.15, 0.2) is 0 Å². The SMILES string of the molecule is CCO.C[C@H]1[C@@H](CO)ON(Cc2cccc(C#CCNC(=O)Nc3ccccc3)c2)[C@H]1C(=O)NCCCN(C)c1ccccc1. The average Bonchev–Trinajstić information content (AvgIpc) is 3.37. The average molecular weight is 616 g/mol. The first kappa shape index (κ1) is 35.1. The molecule has 5 N–H and O–H groups in total. The summed E-state index contributed by atoms with van der Waals surface area (Å²) in [5.41, 5.74) is 3.55. The van der Waals surface area contributed by atoms with Crippen molar-refractivity contribution >= 4 is 23.3 Å². The Kier molecular flexibility index (Phi) is 14.9. The lowest BCUT2D eigenvalue weighted by atomic mass is 9.96. The lowest BCUT2D eigenvalue weighted by Crippen LogP contribution is -2.46. The first-order chi connectivity index (χ1) is 21.9. The van der Waals surface area contributed by atoms with Gasteiger partial charge >= 0.3 is 6.03 Å². The van der Waals surface area contributed by atoms with Crippen LogP contribution in [0.5, 0.6) is 0 Å². The molecule has 4 rings (SSSR count). The van der Waals surface area contributed by atoms with Crippen molar-refractivity contribution in [1.82, 2.24) is 15.7 Å². The van der Waals surface area contributed by atoms with Gasteiger partial charge in [-0.3, -0.25) is 9.63 Å². The van der Waals surface area contributed by atoms with Gasteiger partial charge in [-0.25, -0.2) is 4.79 Å². The molecule has 3 amide bonds. The zero-order valence-corrected chi connectivity index (χ0v) is 26.3. The zero-order chi connectivity index (χ0) is 32.4. The van der Waals surface area contributed by atoms with Crippen LogP contribution in [0.3, 0.4) is 0 Å². The molecule has 10 heteroatoms. The normalized spacial score (nSPS) is 17.2. The summed E-state index contributed by atoms with van der Waals surface area (Å²) in [7, 11) is 2.04. The van der Waals surface area contributed by atoms with E-state index in [1.807, 2.05) is 86.8 Å². The molecule has 0 radical (unpaired) electrons. The quantitative estimate of drug-likeness (QED) is 0.165. The Balaban J connectivity index is 0.00000177. The summed E-state index contributed by atoms with van der Waals surface area (Å²) < 4.78 is 0. The standard InChI is InChI=1S/C33H39N5O4.C2H6O/c1-25-30(24-39)42-38(31(25)32(40)34-20-11-21-37(2)29-17-7-4-8-18-29)23-27-13-9-12-26(22-27)14-10-19-35-33(41)36-28-15-5-3-6-16-28;1-2-3/h3-9,12-13,15-18,22,25,30-31,39H,11,19-21,23-24H2,1-2H3,(H,34,40)(H2,35,36,41);3H,2H2,1H3/t25-,30+,31+;/m0./s1. The van der Waals surface area contributed by atoms with E-state index in [2.05, 4.69) is 44.8 Å². The topological polar surface area (TPSA) is 126 Å². The van der Waals surface area contributed by atoms with E-state index in [1.165, 1.54) is 0 Å². The number of anilines is 2. The first-order valence-electron chi connectivity index (χ1n) is 15.2.